The zero-order valence-electron chi connectivity index (χ0n) is 10.6. The highest BCUT2D eigenvalue weighted by molar-refractivity contribution is 5.51. The third-order valence-electron chi connectivity index (χ3n) is 2.82. The Kier molecular flexibility index (Phi) is 3.46. The van der Waals surface area contributed by atoms with Crippen molar-refractivity contribution in [2.75, 3.05) is 5.32 Å². The molecule has 0 aliphatic carbocycles. The fraction of sp³-hybridized carbons (Fsp3) is 0.500. The third kappa shape index (κ3) is 2.49. The van der Waals surface area contributed by atoms with Gasteiger partial charge in [-0.1, -0.05) is 6.92 Å². The van der Waals surface area contributed by atoms with E-state index < -0.39 is 0 Å². The summed E-state index contributed by atoms with van der Waals surface area (Å²) in [4.78, 5) is 4.36. The van der Waals surface area contributed by atoms with E-state index in [1.165, 1.54) is 0 Å². The van der Waals surface area contributed by atoms with Crippen LogP contribution >= 0.6 is 0 Å². The summed E-state index contributed by atoms with van der Waals surface area (Å²) in [6.07, 6.45) is 4.99. The minimum atomic E-state index is 0.730. The van der Waals surface area contributed by atoms with Crippen LogP contribution in [0.1, 0.15) is 30.6 Å². The van der Waals surface area contributed by atoms with Crippen LogP contribution in [0.4, 0.5) is 5.69 Å². The van der Waals surface area contributed by atoms with E-state index in [-0.39, 0.29) is 0 Å². The van der Waals surface area contributed by atoms with Gasteiger partial charge in [-0.2, -0.15) is 5.10 Å². The number of hydrogen-bond acceptors (Lipinski definition) is 3. The van der Waals surface area contributed by atoms with Gasteiger partial charge in [0.1, 0.15) is 5.82 Å². The Bertz CT molecular complexity index is 463. The van der Waals surface area contributed by atoms with Gasteiger partial charge in [-0.05, 0) is 20.3 Å². The fourth-order valence-electron chi connectivity index (χ4n) is 1.93. The zero-order chi connectivity index (χ0) is 12.3. The van der Waals surface area contributed by atoms with Gasteiger partial charge in [-0.25, -0.2) is 4.98 Å². The number of aryl methyl sites for hydroxylation is 3. The Balaban J connectivity index is 2.05. The number of nitrogens with zero attached hydrogens (tertiary/aromatic N) is 3. The Morgan fingerprint density at radius 2 is 2.24 bits per heavy atom. The number of hydrogen-bond donors (Lipinski definition) is 2. The fourth-order valence-corrected chi connectivity index (χ4v) is 1.93. The van der Waals surface area contributed by atoms with E-state index in [9.17, 15) is 0 Å². The molecule has 0 spiro atoms. The Labute approximate surface area is 101 Å². The predicted molar refractivity (Wildman–Crippen MR) is 67.9 cm³/mol. The van der Waals surface area contributed by atoms with Crippen LogP contribution in [0.25, 0.3) is 0 Å². The van der Waals surface area contributed by atoms with E-state index in [4.69, 9.17) is 0 Å². The second-order valence-electron chi connectivity index (χ2n) is 4.20. The van der Waals surface area contributed by atoms with Crippen molar-refractivity contribution in [1.29, 1.82) is 0 Å². The molecule has 92 valence electrons. The SMILES string of the molecule is CCCn1ccnc1CNc1c(C)n[nH]c1C. The van der Waals surface area contributed by atoms with Crippen molar-refractivity contribution in [2.24, 2.45) is 0 Å². The van der Waals surface area contributed by atoms with E-state index in [1.807, 2.05) is 26.2 Å². The highest BCUT2D eigenvalue weighted by Gasteiger charge is 2.07. The normalized spacial score (nSPS) is 10.8. The second kappa shape index (κ2) is 5.03. The number of imidazole rings is 1. The minimum Gasteiger partial charge on any atom is -0.375 e. The molecule has 0 saturated heterocycles. The second-order valence-corrected chi connectivity index (χ2v) is 4.20. The maximum atomic E-state index is 4.36. The molecule has 0 aromatic carbocycles. The third-order valence-corrected chi connectivity index (χ3v) is 2.82. The van der Waals surface area contributed by atoms with Gasteiger partial charge in [0.15, 0.2) is 0 Å². The van der Waals surface area contributed by atoms with Crippen molar-refractivity contribution in [1.82, 2.24) is 19.7 Å². The summed E-state index contributed by atoms with van der Waals surface area (Å²) in [5, 5.41) is 10.5. The molecule has 0 aliphatic rings. The molecular weight excluding hydrogens is 214 g/mol. The molecule has 5 nitrogen and oxygen atoms in total. The molecule has 2 rings (SSSR count). The molecule has 2 N–H and O–H groups in total. The summed E-state index contributed by atoms with van der Waals surface area (Å²) in [6, 6.07) is 0. The average Bonchev–Trinajstić information content (AvgIpc) is 2.86. The van der Waals surface area contributed by atoms with E-state index in [2.05, 4.69) is 32.0 Å². The molecule has 0 amide bonds. The lowest BCUT2D eigenvalue weighted by Crippen LogP contribution is -2.09. The maximum absolute atomic E-state index is 4.36. The Hall–Kier alpha value is -1.78. The first-order valence-electron chi connectivity index (χ1n) is 5.97. The number of aromatic nitrogens is 4. The summed E-state index contributed by atoms with van der Waals surface area (Å²) in [5.74, 6) is 1.06. The monoisotopic (exact) mass is 233 g/mol. The van der Waals surface area contributed by atoms with Crippen molar-refractivity contribution in [3.05, 3.63) is 29.6 Å². The highest BCUT2D eigenvalue weighted by Crippen LogP contribution is 2.16. The molecular formula is C12H19N5. The smallest absolute Gasteiger partial charge is 0.128 e. The van der Waals surface area contributed by atoms with Crippen LogP contribution in [-0.2, 0) is 13.1 Å². The van der Waals surface area contributed by atoms with Crippen LogP contribution in [0.15, 0.2) is 12.4 Å². The van der Waals surface area contributed by atoms with E-state index in [0.717, 1.165) is 42.4 Å². The van der Waals surface area contributed by atoms with Gasteiger partial charge < -0.3 is 9.88 Å². The standard InChI is InChI=1S/C12H19N5/c1-4-6-17-7-5-13-11(17)8-14-12-9(2)15-16-10(12)3/h5,7,14H,4,6,8H2,1-3H3,(H,15,16). The van der Waals surface area contributed by atoms with Crippen LogP contribution in [0.2, 0.25) is 0 Å². The van der Waals surface area contributed by atoms with Crippen LogP contribution in [0.3, 0.4) is 0 Å². The number of rotatable bonds is 5. The lowest BCUT2D eigenvalue weighted by molar-refractivity contribution is 0.644. The van der Waals surface area contributed by atoms with Crippen LogP contribution < -0.4 is 5.32 Å². The maximum Gasteiger partial charge on any atom is 0.128 e. The van der Waals surface area contributed by atoms with Crippen LogP contribution in [-0.4, -0.2) is 19.7 Å². The van der Waals surface area contributed by atoms with E-state index >= 15 is 0 Å². The first kappa shape index (κ1) is 11.7. The van der Waals surface area contributed by atoms with E-state index in [1.54, 1.807) is 0 Å². The molecule has 0 radical (unpaired) electrons. The molecule has 0 bridgehead atoms. The first-order valence-corrected chi connectivity index (χ1v) is 5.97. The van der Waals surface area contributed by atoms with Gasteiger partial charge in [-0.15, -0.1) is 0 Å². The summed E-state index contributed by atoms with van der Waals surface area (Å²) < 4.78 is 2.18. The molecule has 0 aliphatic heterocycles. The van der Waals surface area contributed by atoms with Gasteiger partial charge in [0, 0.05) is 18.9 Å². The minimum absolute atomic E-state index is 0.730. The molecule has 0 atom stereocenters. The molecule has 2 heterocycles. The summed E-state index contributed by atoms with van der Waals surface area (Å²) >= 11 is 0. The first-order chi connectivity index (χ1) is 8.22. The molecule has 17 heavy (non-hydrogen) atoms. The number of H-pyrrole nitrogens is 1. The van der Waals surface area contributed by atoms with Gasteiger partial charge in [0.25, 0.3) is 0 Å². The quantitative estimate of drug-likeness (QED) is 0.832. The number of aromatic amines is 1. The average molecular weight is 233 g/mol. The Morgan fingerprint density at radius 3 is 2.88 bits per heavy atom. The van der Waals surface area contributed by atoms with Crippen molar-refractivity contribution in [3.63, 3.8) is 0 Å². The van der Waals surface area contributed by atoms with Crippen LogP contribution in [0, 0.1) is 13.8 Å². The molecule has 0 saturated carbocycles. The lowest BCUT2D eigenvalue weighted by Gasteiger charge is -2.08. The molecule has 0 unspecified atom stereocenters. The molecule has 2 aromatic heterocycles. The molecule has 5 heteroatoms. The zero-order valence-corrected chi connectivity index (χ0v) is 10.6. The van der Waals surface area contributed by atoms with Crippen molar-refractivity contribution in [3.8, 4) is 0 Å². The summed E-state index contributed by atoms with van der Waals surface area (Å²) in [6.45, 7) is 7.92. The van der Waals surface area contributed by atoms with Gasteiger partial charge in [0.05, 0.1) is 23.6 Å². The summed E-state index contributed by atoms with van der Waals surface area (Å²) in [5.41, 5.74) is 3.14. The highest BCUT2D eigenvalue weighted by atomic mass is 15.2. The lowest BCUT2D eigenvalue weighted by atomic mass is 10.3. The largest absolute Gasteiger partial charge is 0.375 e. The van der Waals surface area contributed by atoms with Crippen molar-refractivity contribution in [2.45, 2.75) is 40.3 Å². The van der Waals surface area contributed by atoms with Gasteiger partial charge >= 0.3 is 0 Å². The Morgan fingerprint density at radius 1 is 1.41 bits per heavy atom. The van der Waals surface area contributed by atoms with E-state index in [0.29, 0.717) is 0 Å². The van der Waals surface area contributed by atoms with Crippen LogP contribution in [0.5, 0.6) is 0 Å². The van der Waals surface area contributed by atoms with Gasteiger partial charge in [-0.3, -0.25) is 5.10 Å². The predicted octanol–water partition coefficient (Wildman–Crippen LogP) is 2.25. The molecule has 0 fully saturated rings. The molecule has 2 aromatic rings. The van der Waals surface area contributed by atoms with Gasteiger partial charge in [0.2, 0.25) is 0 Å². The van der Waals surface area contributed by atoms with Crippen molar-refractivity contribution < 1.29 is 0 Å². The summed E-state index contributed by atoms with van der Waals surface area (Å²) in [7, 11) is 0. The number of nitrogens with one attached hydrogen (secondary N) is 2. The van der Waals surface area contributed by atoms with Crippen molar-refractivity contribution >= 4 is 5.69 Å². The number of anilines is 1. The topological polar surface area (TPSA) is 58.5 Å².